The summed E-state index contributed by atoms with van der Waals surface area (Å²) >= 11 is 0. The second-order valence-electron chi connectivity index (χ2n) is 6.99. The van der Waals surface area contributed by atoms with E-state index in [4.69, 9.17) is 9.47 Å². The highest BCUT2D eigenvalue weighted by atomic mass is 16.6. The predicted octanol–water partition coefficient (Wildman–Crippen LogP) is 1.22. The quantitative estimate of drug-likeness (QED) is 0.535. The van der Waals surface area contributed by atoms with Crippen LogP contribution in [0.15, 0.2) is 0 Å². The van der Waals surface area contributed by atoms with E-state index in [0.29, 0.717) is 6.42 Å². The first-order chi connectivity index (χ1) is 10.6. The van der Waals surface area contributed by atoms with E-state index in [1.807, 2.05) is 0 Å². The van der Waals surface area contributed by atoms with Gasteiger partial charge in [0.25, 0.3) is 0 Å². The van der Waals surface area contributed by atoms with Gasteiger partial charge in [0.2, 0.25) is 0 Å². The molecule has 2 saturated carbocycles. The summed E-state index contributed by atoms with van der Waals surface area (Å²) in [5.74, 6) is -2.78. The van der Waals surface area contributed by atoms with Crippen molar-refractivity contribution in [3.63, 3.8) is 0 Å². The molecule has 2 heterocycles. The number of fused-ring (bicyclic) bond motifs is 3. The lowest BCUT2D eigenvalue weighted by atomic mass is 9.55. The van der Waals surface area contributed by atoms with Crippen LogP contribution in [0.5, 0.6) is 0 Å². The van der Waals surface area contributed by atoms with Gasteiger partial charge in [-0.3, -0.25) is 19.2 Å². The molecule has 2 aliphatic carbocycles. The number of rotatable bonds is 1. The number of hydrogen-bond donors (Lipinski definition) is 0. The van der Waals surface area contributed by atoms with Crippen molar-refractivity contribution in [1.82, 2.24) is 0 Å². The maximum atomic E-state index is 12.0. The lowest BCUT2D eigenvalue weighted by molar-refractivity contribution is -0.156. The lowest BCUT2D eigenvalue weighted by Gasteiger charge is -2.46. The average molecular weight is 306 g/mol. The molecule has 0 N–H and O–H groups in total. The molecule has 6 nitrogen and oxygen atoms in total. The van der Waals surface area contributed by atoms with Gasteiger partial charge in [0.05, 0.1) is 24.2 Å². The molecule has 4 fully saturated rings. The average Bonchev–Trinajstić information content (AvgIpc) is 2.97. The smallest absolute Gasteiger partial charge is 0.317 e. The molecule has 6 unspecified atom stereocenters. The summed E-state index contributed by atoms with van der Waals surface area (Å²) in [7, 11) is 0. The van der Waals surface area contributed by atoms with E-state index >= 15 is 0 Å². The van der Waals surface area contributed by atoms with Crippen LogP contribution in [-0.2, 0) is 28.7 Å². The Morgan fingerprint density at radius 2 is 1.41 bits per heavy atom. The van der Waals surface area contributed by atoms with Crippen molar-refractivity contribution in [2.24, 2.45) is 35.5 Å². The molecule has 6 atom stereocenters. The molecule has 0 aromatic heterocycles. The van der Waals surface area contributed by atoms with Gasteiger partial charge >= 0.3 is 23.9 Å². The monoisotopic (exact) mass is 306 g/mol. The minimum Gasteiger partial charge on any atom is -0.393 e. The first-order valence-electron chi connectivity index (χ1n) is 8.06. The lowest BCUT2D eigenvalue weighted by Crippen LogP contribution is -2.46. The topological polar surface area (TPSA) is 86.7 Å². The molecule has 6 heteroatoms. The molecule has 4 rings (SSSR count). The van der Waals surface area contributed by atoms with Crippen LogP contribution in [0, 0.1) is 35.5 Å². The maximum Gasteiger partial charge on any atom is 0.317 e. The van der Waals surface area contributed by atoms with E-state index in [1.165, 1.54) is 0 Å². The molecule has 2 aliphatic heterocycles. The van der Waals surface area contributed by atoms with Crippen LogP contribution < -0.4 is 0 Å². The molecule has 0 radical (unpaired) electrons. The Bertz CT molecular complexity index is 561. The summed E-state index contributed by atoms with van der Waals surface area (Å²) in [6, 6.07) is 0. The zero-order chi connectivity index (χ0) is 15.4. The Labute approximate surface area is 127 Å². The normalized spacial score (nSPS) is 44.4. The fraction of sp³-hybridized carbons (Fsp3) is 0.750. The highest BCUT2D eigenvalue weighted by Crippen LogP contribution is 2.54. The molecule has 0 amide bonds. The standard InChI is InChI=1S/C16H18O6/c17-12-6-10(14(18)21-12)9-5-11-13(16(20)22-15(11)19)8-4-2-1-3-7(8)9/h7-11,13H,1-6H2. The first kappa shape index (κ1) is 13.9. The number of ether oxygens (including phenoxy) is 2. The Balaban J connectivity index is 1.67. The van der Waals surface area contributed by atoms with Crippen molar-refractivity contribution in [2.75, 3.05) is 0 Å². The van der Waals surface area contributed by atoms with Crippen molar-refractivity contribution < 1.29 is 28.7 Å². The highest BCUT2D eigenvalue weighted by Gasteiger charge is 2.59. The zero-order valence-corrected chi connectivity index (χ0v) is 12.2. The van der Waals surface area contributed by atoms with E-state index in [-0.39, 0.29) is 30.1 Å². The summed E-state index contributed by atoms with van der Waals surface area (Å²) in [6.45, 7) is 0. The highest BCUT2D eigenvalue weighted by molar-refractivity contribution is 5.97. The number of carbonyl (C=O) groups is 4. The molecular weight excluding hydrogens is 288 g/mol. The Hall–Kier alpha value is -1.72. The number of esters is 4. The largest absolute Gasteiger partial charge is 0.393 e. The Kier molecular flexibility index (Phi) is 3.09. The molecule has 0 aromatic rings. The van der Waals surface area contributed by atoms with Crippen LogP contribution in [0.3, 0.4) is 0 Å². The van der Waals surface area contributed by atoms with Crippen molar-refractivity contribution in [3.8, 4) is 0 Å². The fourth-order valence-electron chi connectivity index (χ4n) is 5.18. The van der Waals surface area contributed by atoms with Crippen molar-refractivity contribution in [2.45, 2.75) is 38.5 Å². The fourth-order valence-corrected chi connectivity index (χ4v) is 5.18. The third-order valence-corrected chi connectivity index (χ3v) is 6.04. The third-order valence-electron chi connectivity index (χ3n) is 6.04. The summed E-state index contributed by atoms with van der Waals surface area (Å²) in [5.41, 5.74) is 0. The van der Waals surface area contributed by atoms with Crippen molar-refractivity contribution >= 4 is 23.9 Å². The van der Waals surface area contributed by atoms with E-state index < -0.39 is 35.7 Å². The van der Waals surface area contributed by atoms with Crippen LogP contribution in [0.4, 0.5) is 0 Å². The van der Waals surface area contributed by atoms with Crippen LogP contribution in [0.25, 0.3) is 0 Å². The van der Waals surface area contributed by atoms with Gasteiger partial charge < -0.3 is 9.47 Å². The summed E-state index contributed by atoms with van der Waals surface area (Å²) in [4.78, 5) is 47.4. The zero-order valence-electron chi connectivity index (χ0n) is 12.2. The summed E-state index contributed by atoms with van der Waals surface area (Å²) in [6.07, 6.45) is 4.50. The van der Waals surface area contributed by atoms with Crippen LogP contribution in [0.2, 0.25) is 0 Å². The van der Waals surface area contributed by atoms with E-state index in [1.54, 1.807) is 0 Å². The van der Waals surface area contributed by atoms with Crippen LogP contribution in [-0.4, -0.2) is 23.9 Å². The van der Waals surface area contributed by atoms with E-state index in [9.17, 15) is 19.2 Å². The minimum absolute atomic E-state index is 0.0519. The molecule has 22 heavy (non-hydrogen) atoms. The molecule has 2 saturated heterocycles. The third kappa shape index (κ3) is 1.92. The molecule has 4 aliphatic rings. The maximum absolute atomic E-state index is 12.0. The van der Waals surface area contributed by atoms with Crippen LogP contribution in [0.1, 0.15) is 38.5 Å². The Morgan fingerprint density at radius 3 is 2.09 bits per heavy atom. The van der Waals surface area contributed by atoms with Gasteiger partial charge in [0.1, 0.15) is 0 Å². The van der Waals surface area contributed by atoms with Gasteiger partial charge in [-0.2, -0.15) is 0 Å². The second-order valence-corrected chi connectivity index (χ2v) is 6.99. The number of carbonyl (C=O) groups excluding carboxylic acids is 4. The molecule has 0 spiro atoms. The summed E-state index contributed by atoms with van der Waals surface area (Å²) in [5, 5.41) is 0. The predicted molar refractivity (Wildman–Crippen MR) is 70.8 cm³/mol. The van der Waals surface area contributed by atoms with Crippen molar-refractivity contribution in [3.05, 3.63) is 0 Å². The van der Waals surface area contributed by atoms with Gasteiger partial charge in [-0.25, -0.2) is 0 Å². The number of hydrogen-bond acceptors (Lipinski definition) is 6. The minimum atomic E-state index is -0.477. The van der Waals surface area contributed by atoms with Crippen LogP contribution >= 0.6 is 0 Å². The van der Waals surface area contributed by atoms with Gasteiger partial charge in [0, 0.05) is 0 Å². The van der Waals surface area contributed by atoms with Gasteiger partial charge in [-0.05, 0) is 37.0 Å². The van der Waals surface area contributed by atoms with Gasteiger partial charge in [0.15, 0.2) is 0 Å². The SMILES string of the molecule is O=C1CC(C2CC3C(=O)OC(=O)C3C3CCCCC23)C(=O)O1. The number of cyclic esters (lactones) is 4. The molecule has 0 bridgehead atoms. The molecule has 118 valence electrons. The van der Waals surface area contributed by atoms with E-state index in [0.717, 1.165) is 25.7 Å². The van der Waals surface area contributed by atoms with E-state index in [2.05, 4.69) is 0 Å². The summed E-state index contributed by atoms with van der Waals surface area (Å²) < 4.78 is 9.56. The first-order valence-corrected chi connectivity index (χ1v) is 8.06. The van der Waals surface area contributed by atoms with Gasteiger partial charge in [-0.15, -0.1) is 0 Å². The molecule has 0 aromatic carbocycles. The Morgan fingerprint density at radius 1 is 0.727 bits per heavy atom. The molecular formula is C16H18O6. The second kappa shape index (κ2) is 4.89. The van der Waals surface area contributed by atoms with Gasteiger partial charge in [-0.1, -0.05) is 12.8 Å². The van der Waals surface area contributed by atoms with Crippen molar-refractivity contribution in [1.29, 1.82) is 0 Å².